The van der Waals surface area contributed by atoms with Crippen molar-refractivity contribution in [1.29, 1.82) is 0 Å². The molecule has 18 heteroatoms. The highest BCUT2D eigenvalue weighted by Crippen LogP contribution is 2.17. The molecule has 0 saturated carbocycles. The third-order valence-electron chi connectivity index (χ3n) is 14.5. The number of esters is 4. The summed E-state index contributed by atoms with van der Waals surface area (Å²) in [5.74, 6) is -2.01. The third kappa shape index (κ3) is 38.3. The third-order valence-corrected chi connectivity index (χ3v) is 14.5. The van der Waals surface area contributed by atoms with Gasteiger partial charge >= 0.3 is 23.9 Å². The fourth-order valence-electron chi connectivity index (χ4n) is 9.76. The molecular weight excluding hydrogens is 1000 g/mol. The van der Waals surface area contributed by atoms with E-state index < -0.39 is 36.5 Å². The molecule has 6 N–H and O–H groups in total. The lowest BCUT2D eigenvalue weighted by Crippen LogP contribution is -2.61. The number of nitrogens with zero attached hydrogens (tertiary/aromatic N) is 2. The molecule has 0 bridgehead atoms. The van der Waals surface area contributed by atoms with E-state index in [1.54, 1.807) is 0 Å². The SMILES string of the molecule is CCCCCC(C)OC(=O)CCC(O)CN(CCCCC1NC(=O)C(CCCCN(CC(O)CCC(=O)OC(C)CCCCC)CC(O)CCC(=O)OC(C)CCCCC)NC1=O)CC(O)CCC(=O)OC(C)CCCCC. The maximum Gasteiger partial charge on any atom is 0.306 e. The molecule has 456 valence electrons. The largest absolute Gasteiger partial charge is 0.463 e. The predicted molar refractivity (Wildman–Crippen MR) is 304 cm³/mol. The normalized spacial score (nSPS) is 17.8. The van der Waals surface area contributed by atoms with E-state index in [-0.39, 0.29) is 138 Å². The van der Waals surface area contributed by atoms with E-state index in [0.29, 0.717) is 51.6 Å². The molecule has 1 aliphatic heterocycles. The monoisotopic (exact) mass is 1110 g/mol. The molecule has 0 aromatic rings. The van der Waals surface area contributed by atoms with E-state index in [1.165, 1.54) is 0 Å². The van der Waals surface area contributed by atoms with Crippen molar-refractivity contribution < 1.29 is 68.1 Å². The summed E-state index contributed by atoms with van der Waals surface area (Å²) in [6, 6.07) is -1.46. The average molecular weight is 1110 g/mol. The van der Waals surface area contributed by atoms with Gasteiger partial charge in [0, 0.05) is 51.9 Å². The van der Waals surface area contributed by atoms with Gasteiger partial charge in [0.2, 0.25) is 11.8 Å². The Morgan fingerprint density at radius 2 is 0.641 bits per heavy atom. The summed E-state index contributed by atoms with van der Waals surface area (Å²) in [6.45, 7) is 17.6. The van der Waals surface area contributed by atoms with Crippen LogP contribution < -0.4 is 10.6 Å². The summed E-state index contributed by atoms with van der Waals surface area (Å²) in [7, 11) is 0. The van der Waals surface area contributed by atoms with Crippen molar-refractivity contribution in [2.24, 2.45) is 0 Å². The second kappa shape index (κ2) is 45.2. The molecule has 1 rings (SSSR count). The van der Waals surface area contributed by atoms with Crippen molar-refractivity contribution in [3.63, 3.8) is 0 Å². The van der Waals surface area contributed by atoms with Gasteiger partial charge in [-0.3, -0.25) is 38.6 Å². The van der Waals surface area contributed by atoms with Gasteiger partial charge in [-0.25, -0.2) is 0 Å². The van der Waals surface area contributed by atoms with E-state index in [9.17, 15) is 49.2 Å². The second-order valence-electron chi connectivity index (χ2n) is 22.6. The number of hydrogen-bond donors (Lipinski definition) is 6. The standard InChI is InChI=1S/C60H112N4O14/c1-9-13-17-25-45(5)75-55(69)35-31-49(65)41-63(42-50(66)32-36-56(70)76-46(6)26-18-14-10-2)39-23-21-29-53-59(73)62-54(60(74)61-53)30-22-24-40-64(43-51(67)33-37-57(71)77-47(7)27-19-15-11-3)44-52(68)34-38-58(72)78-48(8)28-20-16-12-4/h45-54,65-68H,9-44H2,1-8H3,(H,61,74)(H,62,73). The Balaban J connectivity index is 2.81. The maximum atomic E-state index is 13.3. The molecule has 0 aliphatic carbocycles. The predicted octanol–water partition coefficient (Wildman–Crippen LogP) is 8.53. The minimum absolute atomic E-state index is 0.0567. The Kier molecular flexibility index (Phi) is 42.1. The average Bonchev–Trinajstić information content (AvgIpc) is 3.37. The molecule has 1 heterocycles. The van der Waals surface area contributed by atoms with Crippen LogP contribution in [-0.4, -0.2) is 166 Å². The van der Waals surface area contributed by atoms with Gasteiger partial charge in [0.05, 0.1) is 48.8 Å². The van der Waals surface area contributed by atoms with E-state index in [4.69, 9.17) is 18.9 Å². The minimum atomic E-state index is -0.872. The molecule has 1 saturated heterocycles. The Hall–Kier alpha value is -3.42. The number of rotatable bonds is 50. The summed E-state index contributed by atoms with van der Waals surface area (Å²) < 4.78 is 22.2. The van der Waals surface area contributed by atoms with Crippen molar-refractivity contribution in [1.82, 2.24) is 20.4 Å². The lowest BCUT2D eigenvalue weighted by Gasteiger charge is -2.31. The van der Waals surface area contributed by atoms with Crippen LogP contribution in [0.25, 0.3) is 0 Å². The number of aliphatic hydroxyl groups is 4. The van der Waals surface area contributed by atoms with E-state index in [2.05, 4.69) is 38.3 Å². The first-order valence-corrected chi connectivity index (χ1v) is 30.8. The fraction of sp³-hybridized carbons (Fsp3) is 0.900. The van der Waals surface area contributed by atoms with E-state index in [1.807, 2.05) is 37.5 Å². The number of unbranched alkanes of at least 4 members (excludes halogenated alkanes) is 10. The molecule has 0 radical (unpaired) electrons. The number of amides is 2. The van der Waals surface area contributed by atoms with Gasteiger partial charge in [-0.2, -0.15) is 0 Å². The van der Waals surface area contributed by atoms with Gasteiger partial charge in [0.1, 0.15) is 12.1 Å². The number of aliphatic hydroxyl groups excluding tert-OH is 4. The first-order chi connectivity index (χ1) is 37.3. The summed E-state index contributed by atoms with van der Waals surface area (Å²) in [6.07, 6.45) is 15.4. The Bertz CT molecular complexity index is 1410. The summed E-state index contributed by atoms with van der Waals surface area (Å²) in [5, 5.41) is 49.9. The van der Waals surface area contributed by atoms with Crippen LogP contribution in [-0.2, 0) is 47.7 Å². The van der Waals surface area contributed by atoms with Gasteiger partial charge in [-0.1, -0.05) is 79.1 Å². The summed E-state index contributed by atoms with van der Waals surface area (Å²) in [4.78, 5) is 80.7. The van der Waals surface area contributed by atoms with Gasteiger partial charge in [-0.15, -0.1) is 0 Å². The van der Waals surface area contributed by atoms with Crippen LogP contribution in [0.5, 0.6) is 0 Å². The van der Waals surface area contributed by atoms with Crippen molar-refractivity contribution in [3.05, 3.63) is 0 Å². The number of carbonyl (C=O) groups is 6. The van der Waals surface area contributed by atoms with Crippen molar-refractivity contribution in [2.75, 3.05) is 39.3 Å². The van der Waals surface area contributed by atoms with Crippen LogP contribution in [0.2, 0.25) is 0 Å². The zero-order chi connectivity index (χ0) is 58.1. The molecule has 1 fully saturated rings. The Morgan fingerprint density at radius 3 is 0.872 bits per heavy atom. The van der Waals surface area contributed by atoms with Crippen LogP contribution in [0.4, 0.5) is 0 Å². The Morgan fingerprint density at radius 1 is 0.397 bits per heavy atom. The molecule has 0 aromatic carbocycles. The first kappa shape index (κ1) is 72.6. The number of ether oxygens (including phenoxy) is 4. The number of piperazine rings is 1. The summed E-state index contributed by atoms with van der Waals surface area (Å²) >= 11 is 0. The van der Waals surface area contributed by atoms with Crippen molar-refractivity contribution in [3.8, 4) is 0 Å². The highest BCUT2D eigenvalue weighted by molar-refractivity contribution is 5.96. The molecule has 0 spiro atoms. The Labute approximate surface area is 470 Å². The first-order valence-electron chi connectivity index (χ1n) is 30.8. The molecule has 10 unspecified atom stereocenters. The topological polar surface area (TPSA) is 251 Å². The molecule has 10 atom stereocenters. The van der Waals surface area contributed by atoms with Crippen molar-refractivity contribution in [2.45, 2.75) is 309 Å². The van der Waals surface area contributed by atoms with Gasteiger partial charge in [0.25, 0.3) is 0 Å². The van der Waals surface area contributed by atoms with E-state index in [0.717, 1.165) is 103 Å². The number of carbonyl (C=O) groups excluding carboxylic acids is 6. The molecule has 1 aliphatic rings. The van der Waals surface area contributed by atoms with Crippen LogP contribution in [0, 0.1) is 0 Å². The van der Waals surface area contributed by atoms with Gasteiger partial charge in [0.15, 0.2) is 0 Å². The molecule has 78 heavy (non-hydrogen) atoms. The zero-order valence-electron chi connectivity index (χ0n) is 50.0. The van der Waals surface area contributed by atoms with Crippen LogP contribution >= 0.6 is 0 Å². The molecule has 18 nitrogen and oxygen atoms in total. The number of hydrogen-bond acceptors (Lipinski definition) is 16. The highest BCUT2D eigenvalue weighted by atomic mass is 16.6. The minimum Gasteiger partial charge on any atom is -0.463 e. The van der Waals surface area contributed by atoms with E-state index >= 15 is 0 Å². The molecule has 0 aromatic heterocycles. The van der Waals surface area contributed by atoms with Crippen LogP contribution in [0.1, 0.15) is 248 Å². The maximum absolute atomic E-state index is 13.3. The fourth-order valence-corrected chi connectivity index (χ4v) is 9.76. The zero-order valence-corrected chi connectivity index (χ0v) is 50.0. The smallest absolute Gasteiger partial charge is 0.306 e. The molecule has 2 amide bonds. The quantitative estimate of drug-likeness (QED) is 0.0190. The van der Waals surface area contributed by atoms with Crippen LogP contribution in [0.3, 0.4) is 0 Å². The lowest BCUT2D eigenvalue weighted by molar-refractivity contribution is -0.150. The highest BCUT2D eigenvalue weighted by Gasteiger charge is 2.33. The number of nitrogens with one attached hydrogen (secondary N) is 2. The lowest BCUT2D eigenvalue weighted by atomic mass is 10.0. The summed E-state index contributed by atoms with van der Waals surface area (Å²) in [5.41, 5.74) is 0. The van der Waals surface area contributed by atoms with Crippen LogP contribution in [0.15, 0.2) is 0 Å². The van der Waals surface area contributed by atoms with Gasteiger partial charge < -0.3 is 50.0 Å². The molecular formula is C60H112N4O14. The van der Waals surface area contributed by atoms with Gasteiger partial charge in [-0.05, 0) is 156 Å². The van der Waals surface area contributed by atoms with Crippen molar-refractivity contribution >= 4 is 35.7 Å². The second-order valence-corrected chi connectivity index (χ2v) is 22.6.